The molecule has 92 valence electrons. The standard InChI is InChI=1S/C14H22N2Si/c1-14(2,3)10-13-9-12(15-11-16-13)7-8-17(4,5)6/h9,11H,10H2,1-6H3. The smallest absolute Gasteiger partial charge is 0.129 e. The predicted molar refractivity (Wildman–Crippen MR) is 75.4 cm³/mol. The fraction of sp³-hybridized carbons (Fsp3) is 0.571. The number of nitrogens with zero attached hydrogens (tertiary/aromatic N) is 2. The maximum Gasteiger partial charge on any atom is 0.129 e. The molecule has 0 aliphatic carbocycles. The van der Waals surface area contributed by atoms with Gasteiger partial charge in [-0.25, -0.2) is 9.97 Å². The zero-order valence-electron chi connectivity index (χ0n) is 11.8. The molecule has 2 nitrogen and oxygen atoms in total. The van der Waals surface area contributed by atoms with Crippen LogP contribution in [0.3, 0.4) is 0 Å². The van der Waals surface area contributed by atoms with E-state index in [-0.39, 0.29) is 5.41 Å². The number of hydrogen-bond acceptors (Lipinski definition) is 2. The lowest BCUT2D eigenvalue weighted by Gasteiger charge is -2.16. The molecule has 1 aromatic heterocycles. The maximum absolute atomic E-state index is 4.30. The Morgan fingerprint density at radius 1 is 1.18 bits per heavy atom. The van der Waals surface area contributed by atoms with Gasteiger partial charge < -0.3 is 0 Å². The Morgan fingerprint density at radius 3 is 2.35 bits per heavy atom. The van der Waals surface area contributed by atoms with Crippen molar-refractivity contribution < 1.29 is 0 Å². The van der Waals surface area contributed by atoms with Gasteiger partial charge in [-0.2, -0.15) is 0 Å². The minimum absolute atomic E-state index is 0.248. The molecule has 1 aromatic rings. The van der Waals surface area contributed by atoms with E-state index in [1.54, 1.807) is 6.33 Å². The van der Waals surface area contributed by atoms with E-state index in [1.807, 2.05) is 6.07 Å². The highest BCUT2D eigenvalue weighted by molar-refractivity contribution is 6.83. The lowest BCUT2D eigenvalue weighted by molar-refractivity contribution is 0.406. The third kappa shape index (κ3) is 6.23. The second-order valence-electron chi connectivity index (χ2n) is 6.63. The first-order valence-corrected chi connectivity index (χ1v) is 9.50. The third-order valence-corrected chi connectivity index (χ3v) is 2.88. The molecular weight excluding hydrogens is 224 g/mol. The quantitative estimate of drug-likeness (QED) is 0.561. The molecule has 3 heteroatoms. The molecule has 0 amide bonds. The summed E-state index contributed by atoms with van der Waals surface area (Å²) in [5, 5.41) is 0. The molecule has 0 fully saturated rings. The van der Waals surface area contributed by atoms with Gasteiger partial charge in [-0.1, -0.05) is 46.3 Å². The van der Waals surface area contributed by atoms with Crippen LogP contribution in [-0.4, -0.2) is 18.0 Å². The fourth-order valence-corrected chi connectivity index (χ4v) is 1.86. The van der Waals surface area contributed by atoms with Crippen molar-refractivity contribution in [1.82, 2.24) is 9.97 Å². The van der Waals surface area contributed by atoms with Crippen LogP contribution in [0.1, 0.15) is 32.2 Å². The summed E-state index contributed by atoms with van der Waals surface area (Å²) in [6.07, 6.45) is 2.58. The number of aromatic nitrogens is 2. The van der Waals surface area contributed by atoms with Crippen molar-refractivity contribution in [2.45, 2.75) is 46.8 Å². The molecule has 1 heterocycles. The van der Waals surface area contributed by atoms with E-state index >= 15 is 0 Å². The van der Waals surface area contributed by atoms with E-state index in [0.29, 0.717) is 0 Å². The van der Waals surface area contributed by atoms with Crippen molar-refractivity contribution >= 4 is 8.07 Å². The van der Waals surface area contributed by atoms with Gasteiger partial charge in [0, 0.05) is 5.69 Å². The minimum Gasteiger partial charge on any atom is -0.241 e. The molecule has 0 aromatic carbocycles. The van der Waals surface area contributed by atoms with E-state index in [2.05, 4.69) is 61.8 Å². The van der Waals surface area contributed by atoms with Gasteiger partial charge in [0.25, 0.3) is 0 Å². The molecule has 0 aliphatic heterocycles. The summed E-state index contributed by atoms with van der Waals surface area (Å²) in [5.74, 6) is 3.17. The normalized spacial score (nSPS) is 11.9. The Morgan fingerprint density at radius 2 is 1.82 bits per heavy atom. The van der Waals surface area contributed by atoms with Gasteiger partial charge in [0.2, 0.25) is 0 Å². The van der Waals surface area contributed by atoms with Crippen molar-refractivity contribution in [3.8, 4) is 11.5 Å². The van der Waals surface area contributed by atoms with Gasteiger partial charge in [-0.15, -0.1) is 5.54 Å². The molecule has 0 saturated carbocycles. The Kier molecular flexibility index (Phi) is 4.10. The molecule has 0 bridgehead atoms. The van der Waals surface area contributed by atoms with Crippen molar-refractivity contribution in [3.05, 3.63) is 23.8 Å². The highest BCUT2D eigenvalue weighted by Gasteiger charge is 2.12. The zero-order valence-corrected chi connectivity index (χ0v) is 12.8. The second-order valence-corrected chi connectivity index (χ2v) is 11.4. The van der Waals surface area contributed by atoms with Gasteiger partial charge >= 0.3 is 0 Å². The zero-order chi connectivity index (χ0) is 13.1. The van der Waals surface area contributed by atoms with Crippen molar-refractivity contribution in [3.63, 3.8) is 0 Å². The average molecular weight is 246 g/mol. The number of rotatable bonds is 1. The first kappa shape index (κ1) is 13.9. The van der Waals surface area contributed by atoms with Crippen LogP contribution in [0.25, 0.3) is 0 Å². The SMILES string of the molecule is CC(C)(C)Cc1cc(C#C[Si](C)(C)C)ncn1. The van der Waals surface area contributed by atoms with E-state index in [4.69, 9.17) is 0 Å². The maximum atomic E-state index is 4.30. The van der Waals surface area contributed by atoms with Gasteiger partial charge in [0.05, 0.1) is 0 Å². The topological polar surface area (TPSA) is 25.8 Å². The first-order valence-electron chi connectivity index (χ1n) is 6.00. The Labute approximate surface area is 106 Å². The Hall–Kier alpha value is -1.14. The van der Waals surface area contributed by atoms with Gasteiger partial charge in [-0.05, 0) is 17.9 Å². The summed E-state index contributed by atoms with van der Waals surface area (Å²) < 4.78 is 0. The largest absolute Gasteiger partial charge is 0.241 e. The highest BCUT2D eigenvalue weighted by atomic mass is 28.3. The molecule has 0 N–H and O–H groups in total. The monoisotopic (exact) mass is 246 g/mol. The molecule has 0 unspecified atom stereocenters. The number of hydrogen-bond donors (Lipinski definition) is 0. The van der Waals surface area contributed by atoms with Crippen LogP contribution in [0, 0.1) is 16.9 Å². The molecule has 0 atom stereocenters. The van der Waals surface area contributed by atoms with Crippen LogP contribution in [0.2, 0.25) is 19.6 Å². The van der Waals surface area contributed by atoms with Crippen LogP contribution < -0.4 is 0 Å². The van der Waals surface area contributed by atoms with Crippen LogP contribution >= 0.6 is 0 Å². The highest BCUT2D eigenvalue weighted by Crippen LogP contribution is 2.19. The van der Waals surface area contributed by atoms with Crippen LogP contribution in [0.15, 0.2) is 12.4 Å². The van der Waals surface area contributed by atoms with E-state index in [0.717, 1.165) is 17.8 Å². The summed E-state index contributed by atoms with van der Waals surface area (Å²) in [5.41, 5.74) is 5.50. The molecular formula is C14H22N2Si. The van der Waals surface area contributed by atoms with Crippen LogP contribution in [-0.2, 0) is 6.42 Å². The first-order chi connectivity index (χ1) is 7.66. The van der Waals surface area contributed by atoms with Gasteiger partial charge in [0.15, 0.2) is 0 Å². The van der Waals surface area contributed by atoms with E-state index in [1.165, 1.54) is 0 Å². The molecule has 0 spiro atoms. The lowest BCUT2D eigenvalue weighted by Crippen LogP contribution is -2.16. The molecule has 0 aliphatic rings. The third-order valence-electron chi connectivity index (χ3n) is 2.00. The predicted octanol–water partition coefficient (Wildman–Crippen LogP) is 3.29. The molecule has 1 rings (SSSR count). The second kappa shape index (κ2) is 5.01. The molecule has 17 heavy (non-hydrogen) atoms. The van der Waals surface area contributed by atoms with Crippen LogP contribution in [0.5, 0.6) is 0 Å². The lowest BCUT2D eigenvalue weighted by atomic mass is 9.90. The van der Waals surface area contributed by atoms with Crippen molar-refractivity contribution in [2.24, 2.45) is 5.41 Å². The average Bonchev–Trinajstić information content (AvgIpc) is 2.11. The van der Waals surface area contributed by atoms with Crippen molar-refractivity contribution in [1.29, 1.82) is 0 Å². The summed E-state index contributed by atoms with van der Waals surface area (Å²) >= 11 is 0. The summed E-state index contributed by atoms with van der Waals surface area (Å²) in [6.45, 7) is 13.3. The molecule has 0 radical (unpaired) electrons. The van der Waals surface area contributed by atoms with Crippen LogP contribution in [0.4, 0.5) is 0 Å². The van der Waals surface area contributed by atoms with E-state index < -0.39 is 8.07 Å². The van der Waals surface area contributed by atoms with Crippen molar-refractivity contribution in [2.75, 3.05) is 0 Å². The molecule has 0 saturated heterocycles. The minimum atomic E-state index is -1.33. The fourth-order valence-electron chi connectivity index (χ4n) is 1.36. The summed E-state index contributed by atoms with van der Waals surface area (Å²) in [7, 11) is -1.33. The summed E-state index contributed by atoms with van der Waals surface area (Å²) in [4.78, 5) is 8.51. The Balaban J connectivity index is 2.90. The summed E-state index contributed by atoms with van der Waals surface area (Å²) in [6, 6.07) is 2.01. The van der Waals surface area contributed by atoms with Gasteiger partial charge in [0.1, 0.15) is 20.1 Å². The van der Waals surface area contributed by atoms with E-state index in [9.17, 15) is 0 Å². The Bertz CT molecular complexity index is 442. The van der Waals surface area contributed by atoms with Gasteiger partial charge in [-0.3, -0.25) is 0 Å².